The number of rotatable bonds is 16. The summed E-state index contributed by atoms with van der Waals surface area (Å²) < 4.78 is 39.8. The lowest BCUT2D eigenvalue weighted by molar-refractivity contribution is -0.159. The molecule has 11 nitrogen and oxygen atoms in total. The Morgan fingerprint density at radius 3 is 1.90 bits per heavy atom. The number of carbonyl (C=O) groups excluding carboxylic acids is 1. The monoisotopic (exact) mass is 598 g/mol. The maximum Gasteiger partial charge on any atom is 0.356 e. The molecular formula is C30H34N2O9S. The van der Waals surface area contributed by atoms with E-state index < -0.39 is 40.0 Å². The first kappa shape index (κ1) is 32.1. The lowest BCUT2D eigenvalue weighted by Crippen LogP contribution is -2.48. The van der Waals surface area contributed by atoms with Gasteiger partial charge in [0.05, 0.1) is 4.90 Å². The van der Waals surface area contributed by atoms with Gasteiger partial charge in [-0.25, -0.2) is 18.0 Å². The molecule has 0 bridgehead atoms. The van der Waals surface area contributed by atoms with Crippen molar-refractivity contribution in [3.8, 4) is 17.2 Å². The minimum Gasteiger partial charge on any atom is -0.478 e. The van der Waals surface area contributed by atoms with Crippen LogP contribution in [0.3, 0.4) is 0 Å². The van der Waals surface area contributed by atoms with Crippen molar-refractivity contribution in [1.82, 2.24) is 10.0 Å². The van der Waals surface area contributed by atoms with Crippen LogP contribution in [0.1, 0.15) is 37.3 Å². The molecule has 3 aromatic carbocycles. The topological polar surface area (TPSA) is 168 Å². The van der Waals surface area contributed by atoms with Gasteiger partial charge in [0.15, 0.2) is 0 Å². The van der Waals surface area contributed by atoms with E-state index in [0.29, 0.717) is 23.6 Å². The minimum atomic E-state index is -4.12. The number of ether oxygens (including phenoxy) is 2. The number of aryl methyl sites for hydroxylation is 1. The van der Waals surface area contributed by atoms with Gasteiger partial charge in [-0.05, 0) is 73.9 Å². The number of nitrogens with one attached hydrogen (secondary N) is 2. The van der Waals surface area contributed by atoms with Gasteiger partial charge in [0, 0.05) is 6.54 Å². The molecular weight excluding hydrogens is 564 g/mol. The molecule has 0 saturated carbocycles. The maximum absolute atomic E-state index is 13.3. The number of amides is 1. The first-order valence-corrected chi connectivity index (χ1v) is 14.8. The van der Waals surface area contributed by atoms with Gasteiger partial charge in [-0.3, -0.25) is 4.79 Å². The van der Waals surface area contributed by atoms with Crippen LogP contribution >= 0.6 is 0 Å². The maximum atomic E-state index is 13.3. The van der Waals surface area contributed by atoms with Gasteiger partial charge in [-0.15, -0.1) is 0 Å². The summed E-state index contributed by atoms with van der Waals surface area (Å²) in [5.41, 5.74) is 1.61. The molecule has 0 fully saturated rings. The molecule has 0 saturated heterocycles. The summed E-state index contributed by atoms with van der Waals surface area (Å²) in [6, 6.07) is 17.8. The van der Waals surface area contributed by atoms with E-state index in [-0.39, 0.29) is 17.1 Å². The second kappa shape index (κ2) is 15.0. The van der Waals surface area contributed by atoms with Gasteiger partial charge in [-0.1, -0.05) is 49.6 Å². The summed E-state index contributed by atoms with van der Waals surface area (Å²) >= 11 is 0. The van der Waals surface area contributed by atoms with Crippen LogP contribution in [0.5, 0.6) is 17.2 Å². The Hall–Kier alpha value is -4.42. The summed E-state index contributed by atoms with van der Waals surface area (Å²) in [4.78, 5) is 35.2. The van der Waals surface area contributed by atoms with Crippen molar-refractivity contribution < 1.29 is 42.5 Å². The Balaban J connectivity index is 1.75. The van der Waals surface area contributed by atoms with E-state index in [2.05, 4.69) is 10.0 Å². The number of benzene rings is 3. The highest BCUT2D eigenvalue weighted by molar-refractivity contribution is 7.89. The minimum absolute atomic E-state index is 0.0114. The Morgan fingerprint density at radius 2 is 1.36 bits per heavy atom. The zero-order valence-corrected chi connectivity index (χ0v) is 24.1. The highest BCUT2D eigenvalue weighted by Crippen LogP contribution is 2.24. The average Bonchev–Trinajstić information content (AvgIpc) is 2.95. The molecule has 224 valence electrons. The second-order valence-corrected chi connectivity index (χ2v) is 11.3. The van der Waals surface area contributed by atoms with Crippen molar-refractivity contribution in [2.24, 2.45) is 0 Å². The summed E-state index contributed by atoms with van der Waals surface area (Å²) in [6.45, 7) is 4.37. The Morgan fingerprint density at radius 1 is 0.810 bits per heavy atom. The number of unbranched alkanes of at least 4 members (excludes halogenated alkanes) is 2. The van der Waals surface area contributed by atoms with Crippen LogP contribution in [0, 0.1) is 6.92 Å². The van der Waals surface area contributed by atoms with Crippen LogP contribution in [0.4, 0.5) is 0 Å². The fourth-order valence-electron chi connectivity index (χ4n) is 3.86. The molecule has 0 aliphatic rings. The van der Waals surface area contributed by atoms with Gasteiger partial charge in [0.1, 0.15) is 23.3 Å². The molecule has 1 amide bonds. The van der Waals surface area contributed by atoms with Gasteiger partial charge in [0.25, 0.3) is 6.10 Å². The third kappa shape index (κ3) is 9.60. The predicted octanol–water partition coefficient (Wildman–Crippen LogP) is 3.90. The third-order valence-corrected chi connectivity index (χ3v) is 7.64. The molecule has 0 spiro atoms. The first-order valence-electron chi connectivity index (χ1n) is 13.3. The number of aliphatic carboxylic acids is 2. The number of carboxylic acids is 2. The molecule has 1 atom stereocenters. The zero-order chi connectivity index (χ0) is 30.7. The molecule has 12 heteroatoms. The fourth-order valence-corrected chi connectivity index (χ4v) is 5.06. The molecule has 3 aromatic rings. The first-order chi connectivity index (χ1) is 20.0. The summed E-state index contributed by atoms with van der Waals surface area (Å²) in [5, 5.41) is 20.8. The lowest BCUT2D eigenvalue weighted by atomic mass is 10.1. The van der Waals surface area contributed by atoms with Crippen molar-refractivity contribution in [2.75, 3.05) is 6.54 Å². The predicted molar refractivity (Wildman–Crippen MR) is 154 cm³/mol. The van der Waals surface area contributed by atoms with Gasteiger partial charge in [0.2, 0.25) is 15.9 Å². The van der Waals surface area contributed by atoms with Crippen molar-refractivity contribution in [3.63, 3.8) is 0 Å². The normalized spacial score (nSPS) is 12.0. The summed E-state index contributed by atoms with van der Waals surface area (Å²) in [7, 11) is -4.12. The van der Waals surface area contributed by atoms with Gasteiger partial charge in [-0.2, -0.15) is 4.72 Å². The third-order valence-electron chi connectivity index (χ3n) is 6.15. The Labute approximate surface area is 244 Å². The van der Waals surface area contributed by atoms with Crippen molar-refractivity contribution in [2.45, 2.75) is 56.6 Å². The standard InChI is InChI=1S/C30H34N2O9S/c1-3-4-5-18-31-28(33)26(19-21-8-12-24(13-9-21)41-27(29(34)35)30(36)37)32-42(38,39)25-16-14-23(15-17-25)40-22-10-6-20(2)7-11-22/h6-17,26-27,32H,3-5,18-19H2,1-2H3,(H,31,33)(H,34,35)(H,36,37)/t26-/m0/s1. The van der Waals surface area contributed by atoms with Crippen LogP contribution in [-0.2, 0) is 30.8 Å². The lowest BCUT2D eigenvalue weighted by Gasteiger charge is -2.19. The van der Waals surface area contributed by atoms with E-state index in [9.17, 15) is 22.8 Å². The quantitative estimate of drug-likeness (QED) is 0.141. The average molecular weight is 599 g/mol. The summed E-state index contributed by atoms with van der Waals surface area (Å²) in [5.74, 6) is -2.79. The van der Waals surface area contributed by atoms with Crippen LogP contribution in [0.2, 0.25) is 0 Å². The fraction of sp³-hybridized carbons (Fsp3) is 0.300. The van der Waals surface area contributed by atoms with E-state index >= 15 is 0 Å². The highest BCUT2D eigenvalue weighted by Gasteiger charge is 2.29. The van der Waals surface area contributed by atoms with Crippen LogP contribution in [0.25, 0.3) is 0 Å². The molecule has 0 radical (unpaired) electrons. The molecule has 0 aliphatic heterocycles. The number of carbonyl (C=O) groups is 3. The Kier molecular flexibility index (Phi) is 11.5. The smallest absolute Gasteiger partial charge is 0.356 e. The van der Waals surface area contributed by atoms with E-state index in [1.807, 2.05) is 26.0 Å². The molecule has 4 N–H and O–H groups in total. The molecule has 3 rings (SSSR count). The molecule has 0 aromatic heterocycles. The largest absolute Gasteiger partial charge is 0.478 e. The van der Waals surface area contributed by atoms with E-state index in [1.165, 1.54) is 48.5 Å². The number of hydrogen-bond acceptors (Lipinski definition) is 7. The second-order valence-electron chi connectivity index (χ2n) is 9.58. The van der Waals surface area contributed by atoms with Crippen molar-refractivity contribution in [1.29, 1.82) is 0 Å². The van der Waals surface area contributed by atoms with Crippen LogP contribution in [0.15, 0.2) is 77.7 Å². The zero-order valence-electron chi connectivity index (χ0n) is 23.3. The van der Waals surface area contributed by atoms with Crippen LogP contribution in [-0.4, -0.2) is 55.2 Å². The van der Waals surface area contributed by atoms with Crippen molar-refractivity contribution >= 4 is 27.9 Å². The van der Waals surface area contributed by atoms with Gasteiger partial charge < -0.3 is 25.0 Å². The Bertz CT molecular complexity index is 1440. The SMILES string of the molecule is CCCCCNC(=O)[C@H](Cc1ccc(OC(C(=O)O)C(=O)O)cc1)NS(=O)(=O)c1ccc(Oc2ccc(C)cc2)cc1. The van der Waals surface area contributed by atoms with E-state index in [0.717, 1.165) is 24.8 Å². The van der Waals surface area contributed by atoms with Gasteiger partial charge >= 0.3 is 11.9 Å². The molecule has 42 heavy (non-hydrogen) atoms. The number of carboxylic acid groups (broad SMARTS) is 2. The molecule has 0 aliphatic carbocycles. The van der Waals surface area contributed by atoms with E-state index in [4.69, 9.17) is 19.7 Å². The highest BCUT2D eigenvalue weighted by atomic mass is 32.2. The number of hydrogen-bond donors (Lipinski definition) is 4. The van der Waals surface area contributed by atoms with Crippen LogP contribution < -0.4 is 19.5 Å². The number of sulfonamides is 1. The molecule has 0 heterocycles. The molecule has 0 unspecified atom stereocenters. The summed E-state index contributed by atoms with van der Waals surface area (Å²) in [6.07, 6.45) is 0.481. The van der Waals surface area contributed by atoms with Crippen molar-refractivity contribution in [3.05, 3.63) is 83.9 Å². The van der Waals surface area contributed by atoms with E-state index in [1.54, 1.807) is 12.1 Å².